The highest BCUT2D eigenvalue weighted by atomic mass is 19.1. The Hall–Kier alpha value is -2.41. The predicted octanol–water partition coefficient (Wildman–Crippen LogP) is 2.70. The molecule has 0 radical (unpaired) electrons. The molecule has 0 unspecified atom stereocenters. The van der Waals surface area contributed by atoms with Crippen LogP contribution in [0, 0.1) is 17.1 Å². The highest BCUT2D eigenvalue weighted by molar-refractivity contribution is 5.51. The summed E-state index contributed by atoms with van der Waals surface area (Å²) in [5.74, 6) is 0.241. The van der Waals surface area contributed by atoms with Gasteiger partial charge in [-0.1, -0.05) is 12.1 Å². The number of nitrogens with one attached hydrogen (secondary N) is 1. The average molecular weight is 227 g/mol. The van der Waals surface area contributed by atoms with Gasteiger partial charge in [0.15, 0.2) is 0 Å². The highest BCUT2D eigenvalue weighted by Crippen LogP contribution is 2.12. The molecule has 0 atom stereocenters. The molecule has 2 aromatic rings. The van der Waals surface area contributed by atoms with Crippen molar-refractivity contribution in [3.8, 4) is 6.07 Å². The van der Waals surface area contributed by atoms with Crippen LogP contribution >= 0.6 is 0 Å². The summed E-state index contributed by atoms with van der Waals surface area (Å²) in [5.41, 5.74) is 1.28. The van der Waals surface area contributed by atoms with E-state index in [0.29, 0.717) is 17.9 Å². The van der Waals surface area contributed by atoms with Crippen LogP contribution in [0.25, 0.3) is 0 Å². The lowest BCUT2D eigenvalue weighted by Crippen LogP contribution is -2.03. The first-order valence-electron chi connectivity index (χ1n) is 5.13. The molecule has 0 aliphatic rings. The number of aromatic nitrogens is 1. The van der Waals surface area contributed by atoms with E-state index in [1.165, 1.54) is 12.1 Å². The van der Waals surface area contributed by atoms with Gasteiger partial charge in [0, 0.05) is 12.7 Å². The Bertz CT molecular complexity index is 561. The normalized spacial score (nSPS) is 9.65. The second-order valence-corrected chi connectivity index (χ2v) is 3.49. The second-order valence-electron chi connectivity index (χ2n) is 3.49. The van der Waals surface area contributed by atoms with Gasteiger partial charge in [0.1, 0.15) is 17.7 Å². The molecule has 1 aromatic heterocycles. The van der Waals surface area contributed by atoms with Gasteiger partial charge in [-0.15, -0.1) is 0 Å². The smallest absolute Gasteiger partial charge is 0.144 e. The van der Waals surface area contributed by atoms with Gasteiger partial charge in [-0.25, -0.2) is 9.37 Å². The number of hydrogen-bond acceptors (Lipinski definition) is 3. The summed E-state index contributed by atoms with van der Waals surface area (Å²) in [6.07, 6.45) is 1.61. The first kappa shape index (κ1) is 11.1. The van der Waals surface area contributed by atoms with E-state index in [1.54, 1.807) is 24.4 Å². The minimum Gasteiger partial charge on any atom is -0.365 e. The first-order chi connectivity index (χ1) is 8.29. The molecule has 0 spiro atoms. The lowest BCUT2D eigenvalue weighted by Gasteiger charge is -2.06. The summed E-state index contributed by atoms with van der Waals surface area (Å²) in [5, 5.41) is 11.9. The van der Waals surface area contributed by atoms with Crippen molar-refractivity contribution in [3.05, 3.63) is 59.5 Å². The molecule has 0 fully saturated rings. The number of nitrogens with zero attached hydrogens (tertiary/aromatic N) is 2. The van der Waals surface area contributed by atoms with E-state index in [2.05, 4.69) is 10.3 Å². The zero-order valence-corrected chi connectivity index (χ0v) is 9.02. The second kappa shape index (κ2) is 5.08. The van der Waals surface area contributed by atoms with Crippen molar-refractivity contribution in [1.29, 1.82) is 5.26 Å². The molecule has 0 aliphatic heterocycles. The monoisotopic (exact) mass is 227 g/mol. The van der Waals surface area contributed by atoms with Crippen molar-refractivity contribution in [3.63, 3.8) is 0 Å². The first-order valence-corrected chi connectivity index (χ1v) is 5.13. The van der Waals surface area contributed by atoms with Crippen LogP contribution < -0.4 is 5.32 Å². The van der Waals surface area contributed by atoms with Crippen molar-refractivity contribution in [2.24, 2.45) is 0 Å². The summed E-state index contributed by atoms with van der Waals surface area (Å²) in [6.45, 7) is 0.434. The SMILES string of the molecule is N#Cc1cccnc1NCc1cccc(F)c1. The Balaban J connectivity index is 2.10. The zero-order chi connectivity index (χ0) is 12.1. The quantitative estimate of drug-likeness (QED) is 0.877. The van der Waals surface area contributed by atoms with E-state index in [9.17, 15) is 4.39 Å². The van der Waals surface area contributed by atoms with Gasteiger partial charge in [-0.2, -0.15) is 5.26 Å². The fourth-order valence-electron chi connectivity index (χ4n) is 1.47. The number of hydrogen-bond donors (Lipinski definition) is 1. The molecule has 0 bridgehead atoms. The molecular formula is C13H10FN3. The summed E-state index contributed by atoms with van der Waals surface area (Å²) < 4.78 is 12.9. The van der Waals surface area contributed by atoms with Crippen LogP contribution in [-0.4, -0.2) is 4.98 Å². The molecule has 84 valence electrons. The molecular weight excluding hydrogens is 217 g/mol. The van der Waals surface area contributed by atoms with E-state index < -0.39 is 0 Å². The van der Waals surface area contributed by atoms with E-state index in [4.69, 9.17) is 5.26 Å². The fourth-order valence-corrected chi connectivity index (χ4v) is 1.47. The van der Waals surface area contributed by atoms with Gasteiger partial charge in [0.2, 0.25) is 0 Å². The van der Waals surface area contributed by atoms with Crippen LogP contribution in [0.4, 0.5) is 10.2 Å². The van der Waals surface area contributed by atoms with Crippen LogP contribution in [-0.2, 0) is 6.54 Å². The molecule has 17 heavy (non-hydrogen) atoms. The molecule has 3 nitrogen and oxygen atoms in total. The van der Waals surface area contributed by atoms with Gasteiger partial charge < -0.3 is 5.32 Å². The third kappa shape index (κ3) is 2.79. The van der Waals surface area contributed by atoms with Gasteiger partial charge in [0.05, 0.1) is 5.56 Å². The van der Waals surface area contributed by atoms with Crippen LogP contribution in [0.3, 0.4) is 0 Å². The lowest BCUT2D eigenvalue weighted by atomic mass is 10.2. The van der Waals surface area contributed by atoms with Crippen molar-refractivity contribution in [1.82, 2.24) is 4.98 Å². The van der Waals surface area contributed by atoms with E-state index in [0.717, 1.165) is 5.56 Å². The summed E-state index contributed by atoms with van der Waals surface area (Å²) in [7, 11) is 0. The summed E-state index contributed by atoms with van der Waals surface area (Å²) in [6, 6.07) is 11.7. The molecule has 0 aliphatic carbocycles. The largest absolute Gasteiger partial charge is 0.365 e. The van der Waals surface area contributed by atoms with E-state index >= 15 is 0 Å². The van der Waals surface area contributed by atoms with Gasteiger partial charge in [-0.3, -0.25) is 0 Å². The van der Waals surface area contributed by atoms with Crippen molar-refractivity contribution in [2.45, 2.75) is 6.54 Å². The molecule has 1 aromatic carbocycles. The maximum absolute atomic E-state index is 12.9. The summed E-state index contributed by atoms with van der Waals surface area (Å²) >= 11 is 0. The molecule has 0 amide bonds. The third-order valence-corrected chi connectivity index (χ3v) is 2.28. The van der Waals surface area contributed by atoms with Crippen molar-refractivity contribution < 1.29 is 4.39 Å². The van der Waals surface area contributed by atoms with E-state index in [1.807, 2.05) is 12.1 Å². The van der Waals surface area contributed by atoms with Crippen molar-refractivity contribution >= 4 is 5.82 Å². The highest BCUT2D eigenvalue weighted by Gasteiger charge is 2.01. The molecule has 1 N–H and O–H groups in total. The topological polar surface area (TPSA) is 48.7 Å². The fraction of sp³-hybridized carbons (Fsp3) is 0.0769. The van der Waals surface area contributed by atoms with Crippen LogP contribution in [0.2, 0.25) is 0 Å². The molecule has 1 heterocycles. The maximum atomic E-state index is 12.9. The van der Waals surface area contributed by atoms with E-state index in [-0.39, 0.29) is 5.82 Å². The van der Waals surface area contributed by atoms with Crippen LogP contribution in [0.5, 0.6) is 0 Å². The Kier molecular flexibility index (Phi) is 3.31. The number of rotatable bonds is 3. The number of halogens is 1. The number of pyridine rings is 1. The summed E-state index contributed by atoms with van der Waals surface area (Å²) in [4.78, 5) is 4.06. The number of nitriles is 1. The molecule has 4 heteroatoms. The minimum absolute atomic E-state index is 0.272. The minimum atomic E-state index is -0.272. The zero-order valence-electron chi connectivity index (χ0n) is 9.02. The molecule has 0 saturated heterocycles. The van der Waals surface area contributed by atoms with Crippen LogP contribution in [0.15, 0.2) is 42.6 Å². The standard InChI is InChI=1S/C13H10FN3/c14-12-5-1-3-10(7-12)9-17-13-11(8-15)4-2-6-16-13/h1-7H,9H2,(H,16,17). The van der Waals surface area contributed by atoms with Gasteiger partial charge in [-0.05, 0) is 29.8 Å². The predicted molar refractivity (Wildman–Crippen MR) is 62.7 cm³/mol. The molecule has 2 rings (SSSR count). The molecule has 0 saturated carbocycles. The Morgan fingerprint density at radius 3 is 2.94 bits per heavy atom. The number of benzene rings is 1. The Labute approximate surface area is 98.5 Å². The van der Waals surface area contributed by atoms with Crippen molar-refractivity contribution in [2.75, 3.05) is 5.32 Å². The Morgan fingerprint density at radius 1 is 1.29 bits per heavy atom. The Morgan fingerprint density at radius 2 is 2.18 bits per heavy atom. The van der Waals surface area contributed by atoms with Crippen LogP contribution in [0.1, 0.15) is 11.1 Å². The van der Waals surface area contributed by atoms with Gasteiger partial charge >= 0.3 is 0 Å². The third-order valence-electron chi connectivity index (χ3n) is 2.28. The number of anilines is 1. The lowest BCUT2D eigenvalue weighted by molar-refractivity contribution is 0.626. The maximum Gasteiger partial charge on any atom is 0.144 e. The average Bonchev–Trinajstić information content (AvgIpc) is 2.37. The van der Waals surface area contributed by atoms with Gasteiger partial charge in [0.25, 0.3) is 0 Å².